The van der Waals surface area contributed by atoms with Gasteiger partial charge in [-0.3, -0.25) is 0 Å². The zero-order chi connectivity index (χ0) is 9.15. The predicted octanol–water partition coefficient (Wildman–Crippen LogP) is 2.32. The zero-order valence-electron chi connectivity index (χ0n) is 8.53. The van der Waals surface area contributed by atoms with Crippen molar-refractivity contribution in [3.8, 4) is 11.8 Å². The van der Waals surface area contributed by atoms with E-state index < -0.39 is 0 Å². The van der Waals surface area contributed by atoms with E-state index in [1.807, 2.05) is 6.92 Å². The molecule has 2 aliphatic rings. The molecular weight excluding hydrogens is 158 g/mol. The van der Waals surface area contributed by atoms with Gasteiger partial charge in [-0.15, -0.1) is 11.8 Å². The molecule has 1 aliphatic carbocycles. The minimum Gasteiger partial charge on any atom is -0.311 e. The van der Waals surface area contributed by atoms with Crippen LogP contribution in [0.15, 0.2) is 0 Å². The van der Waals surface area contributed by atoms with E-state index in [0.717, 1.165) is 12.3 Å². The van der Waals surface area contributed by atoms with Crippen molar-refractivity contribution in [2.24, 2.45) is 5.92 Å². The largest absolute Gasteiger partial charge is 0.311 e. The molecule has 2 fully saturated rings. The molecule has 1 saturated carbocycles. The highest BCUT2D eigenvalue weighted by Gasteiger charge is 2.45. The summed E-state index contributed by atoms with van der Waals surface area (Å²) < 4.78 is 0. The summed E-state index contributed by atoms with van der Waals surface area (Å²) in [4.78, 5) is 0. The van der Waals surface area contributed by atoms with Crippen LogP contribution in [0.4, 0.5) is 0 Å². The Hall–Kier alpha value is -0.480. The average Bonchev–Trinajstić information content (AvgIpc) is 2.89. The highest BCUT2D eigenvalue weighted by Crippen LogP contribution is 2.46. The Morgan fingerprint density at radius 1 is 1.46 bits per heavy atom. The summed E-state index contributed by atoms with van der Waals surface area (Å²) in [6.07, 6.45) is 8.02. The summed E-state index contributed by atoms with van der Waals surface area (Å²) in [7, 11) is 0. The second-order valence-corrected chi connectivity index (χ2v) is 4.39. The van der Waals surface area contributed by atoms with Crippen molar-refractivity contribution < 1.29 is 0 Å². The highest BCUT2D eigenvalue weighted by molar-refractivity contribution is 5.06. The van der Waals surface area contributed by atoms with Crippen molar-refractivity contribution >= 4 is 0 Å². The van der Waals surface area contributed by atoms with Crippen molar-refractivity contribution in [2.75, 3.05) is 6.54 Å². The fourth-order valence-electron chi connectivity index (χ4n) is 2.64. The molecule has 0 amide bonds. The first-order chi connectivity index (χ1) is 6.37. The van der Waals surface area contributed by atoms with Gasteiger partial charge in [-0.05, 0) is 51.5 Å². The Morgan fingerprint density at radius 3 is 2.85 bits per heavy atom. The lowest BCUT2D eigenvalue weighted by Crippen LogP contribution is -2.41. The molecule has 0 aromatic heterocycles. The summed E-state index contributed by atoms with van der Waals surface area (Å²) in [5.74, 6) is 7.16. The number of hydrogen-bond donors (Lipinski definition) is 1. The number of nitrogens with one attached hydrogen (secondary N) is 1. The molecule has 1 atom stereocenters. The van der Waals surface area contributed by atoms with E-state index in [2.05, 4.69) is 17.2 Å². The van der Waals surface area contributed by atoms with Crippen LogP contribution in [0.3, 0.4) is 0 Å². The van der Waals surface area contributed by atoms with Crippen LogP contribution in [0.1, 0.15) is 45.4 Å². The van der Waals surface area contributed by atoms with Crippen LogP contribution in [-0.2, 0) is 0 Å². The van der Waals surface area contributed by atoms with Crippen LogP contribution in [0.25, 0.3) is 0 Å². The van der Waals surface area contributed by atoms with E-state index in [4.69, 9.17) is 0 Å². The molecule has 1 aliphatic heterocycles. The van der Waals surface area contributed by atoms with E-state index in [1.54, 1.807) is 0 Å². The first-order valence-corrected chi connectivity index (χ1v) is 5.52. The monoisotopic (exact) mass is 177 g/mol. The molecule has 0 radical (unpaired) electrons. The molecule has 1 heteroatoms. The van der Waals surface area contributed by atoms with Crippen molar-refractivity contribution in [2.45, 2.75) is 51.0 Å². The molecular formula is C12H19N. The molecule has 72 valence electrons. The molecule has 0 spiro atoms. The van der Waals surface area contributed by atoms with Gasteiger partial charge >= 0.3 is 0 Å². The van der Waals surface area contributed by atoms with E-state index in [0.29, 0.717) is 5.54 Å². The summed E-state index contributed by atoms with van der Waals surface area (Å²) in [5, 5.41) is 3.72. The van der Waals surface area contributed by atoms with E-state index in [1.165, 1.54) is 38.6 Å². The van der Waals surface area contributed by atoms with E-state index in [-0.39, 0.29) is 0 Å². The molecule has 1 nitrogen and oxygen atoms in total. The van der Waals surface area contributed by atoms with E-state index >= 15 is 0 Å². The summed E-state index contributed by atoms with van der Waals surface area (Å²) in [6, 6.07) is 0. The van der Waals surface area contributed by atoms with Crippen LogP contribution in [0.2, 0.25) is 0 Å². The molecule has 2 rings (SSSR count). The topological polar surface area (TPSA) is 12.0 Å². The normalized spacial score (nSPS) is 32.7. The van der Waals surface area contributed by atoms with Gasteiger partial charge in [-0.1, -0.05) is 0 Å². The van der Waals surface area contributed by atoms with Gasteiger partial charge in [0.05, 0.1) is 0 Å². The second-order valence-electron chi connectivity index (χ2n) is 4.39. The molecule has 0 bridgehead atoms. The third kappa shape index (κ3) is 1.89. The third-order valence-corrected chi connectivity index (χ3v) is 3.51. The molecule has 1 unspecified atom stereocenters. The maximum atomic E-state index is 3.72. The minimum absolute atomic E-state index is 0.504. The highest BCUT2D eigenvalue weighted by atomic mass is 15.0. The Balaban J connectivity index is 1.91. The Kier molecular flexibility index (Phi) is 2.60. The molecule has 13 heavy (non-hydrogen) atoms. The SMILES string of the molecule is CC#CCCC1(C2CC2)CCCN1. The van der Waals surface area contributed by atoms with Crippen molar-refractivity contribution in [3.05, 3.63) is 0 Å². The molecule has 0 aromatic rings. The predicted molar refractivity (Wildman–Crippen MR) is 55.4 cm³/mol. The lowest BCUT2D eigenvalue weighted by molar-refractivity contribution is 0.306. The lowest BCUT2D eigenvalue weighted by atomic mass is 9.86. The quantitative estimate of drug-likeness (QED) is 0.652. The first-order valence-electron chi connectivity index (χ1n) is 5.52. The Bertz CT molecular complexity index is 223. The summed E-state index contributed by atoms with van der Waals surface area (Å²) in [6.45, 7) is 3.17. The van der Waals surface area contributed by atoms with Gasteiger partial charge in [0.15, 0.2) is 0 Å². The van der Waals surface area contributed by atoms with Crippen LogP contribution >= 0.6 is 0 Å². The van der Waals surface area contributed by atoms with Crippen molar-refractivity contribution in [1.29, 1.82) is 0 Å². The second kappa shape index (κ2) is 3.72. The summed E-state index contributed by atoms with van der Waals surface area (Å²) >= 11 is 0. The lowest BCUT2D eigenvalue weighted by Gasteiger charge is -2.29. The number of hydrogen-bond acceptors (Lipinski definition) is 1. The maximum Gasteiger partial charge on any atom is 0.0219 e. The van der Waals surface area contributed by atoms with Crippen molar-refractivity contribution in [3.63, 3.8) is 0 Å². The van der Waals surface area contributed by atoms with Crippen LogP contribution < -0.4 is 5.32 Å². The Morgan fingerprint density at radius 2 is 2.31 bits per heavy atom. The average molecular weight is 177 g/mol. The Labute approximate surface area is 81.3 Å². The van der Waals surface area contributed by atoms with Gasteiger partial charge in [0.2, 0.25) is 0 Å². The van der Waals surface area contributed by atoms with Gasteiger partial charge in [0, 0.05) is 12.0 Å². The standard InChI is InChI=1S/C12H19N/c1-2-3-4-8-12(11-6-7-11)9-5-10-13-12/h11,13H,4-10H2,1H3. The van der Waals surface area contributed by atoms with Crippen molar-refractivity contribution in [1.82, 2.24) is 5.32 Å². The fourth-order valence-corrected chi connectivity index (χ4v) is 2.64. The van der Waals surface area contributed by atoms with Gasteiger partial charge in [0.25, 0.3) is 0 Å². The molecule has 1 heterocycles. The third-order valence-electron chi connectivity index (χ3n) is 3.51. The fraction of sp³-hybridized carbons (Fsp3) is 0.833. The summed E-state index contributed by atoms with van der Waals surface area (Å²) in [5.41, 5.74) is 0.504. The molecule has 1 saturated heterocycles. The van der Waals surface area contributed by atoms with Gasteiger partial charge in [0.1, 0.15) is 0 Å². The van der Waals surface area contributed by atoms with Crippen LogP contribution in [-0.4, -0.2) is 12.1 Å². The maximum absolute atomic E-state index is 3.72. The van der Waals surface area contributed by atoms with Gasteiger partial charge < -0.3 is 5.32 Å². The molecule has 0 aromatic carbocycles. The van der Waals surface area contributed by atoms with Crippen LogP contribution in [0, 0.1) is 17.8 Å². The van der Waals surface area contributed by atoms with Gasteiger partial charge in [-0.2, -0.15) is 0 Å². The smallest absolute Gasteiger partial charge is 0.0219 e. The van der Waals surface area contributed by atoms with E-state index in [9.17, 15) is 0 Å². The first kappa shape index (κ1) is 9.09. The van der Waals surface area contributed by atoms with Gasteiger partial charge in [-0.25, -0.2) is 0 Å². The van der Waals surface area contributed by atoms with Crippen LogP contribution in [0.5, 0.6) is 0 Å². The zero-order valence-corrected chi connectivity index (χ0v) is 8.53. The minimum atomic E-state index is 0.504. The molecule has 1 N–H and O–H groups in total. The number of rotatable bonds is 3.